The molecule has 0 bridgehead atoms. The van der Waals surface area contributed by atoms with Crippen LogP contribution in [0.1, 0.15) is 20.8 Å². The average molecular weight is 269 g/mol. The zero-order chi connectivity index (χ0) is 14.4. The quantitative estimate of drug-likeness (QED) is 0.504. The molecule has 0 amide bonds. The van der Waals surface area contributed by atoms with Gasteiger partial charge in [0.15, 0.2) is 0 Å². The number of aliphatic hydroxyl groups is 1. The first-order valence-corrected chi connectivity index (χ1v) is 6.11. The van der Waals surface area contributed by atoms with Crippen molar-refractivity contribution in [3.8, 4) is 0 Å². The first-order valence-electron chi connectivity index (χ1n) is 6.11. The van der Waals surface area contributed by atoms with E-state index >= 15 is 0 Å². The van der Waals surface area contributed by atoms with E-state index in [0.29, 0.717) is 6.54 Å². The Balaban J connectivity index is 3.12. The van der Waals surface area contributed by atoms with Crippen LogP contribution >= 0.6 is 0 Å². The van der Waals surface area contributed by atoms with Gasteiger partial charge >= 0.3 is 5.69 Å². The third-order valence-electron chi connectivity index (χ3n) is 2.67. The van der Waals surface area contributed by atoms with Gasteiger partial charge in [-0.25, -0.2) is 9.97 Å². The van der Waals surface area contributed by atoms with Gasteiger partial charge in [-0.15, -0.1) is 0 Å². The third kappa shape index (κ3) is 3.75. The molecular weight excluding hydrogens is 250 g/mol. The maximum atomic E-state index is 11.1. The lowest BCUT2D eigenvalue weighted by molar-refractivity contribution is -0.383. The zero-order valence-corrected chi connectivity index (χ0v) is 11.3. The summed E-state index contributed by atoms with van der Waals surface area (Å²) in [4.78, 5) is 18.4. The van der Waals surface area contributed by atoms with Gasteiger partial charge in [0.1, 0.15) is 6.33 Å². The van der Waals surface area contributed by atoms with Gasteiger partial charge in [0, 0.05) is 6.54 Å². The fourth-order valence-electron chi connectivity index (χ4n) is 1.55. The van der Waals surface area contributed by atoms with Crippen molar-refractivity contribution in [3.63, 3.8) is 0 Å². The van der Waals surface area contributed by atoms with Crippen molar-refractivity contribution in [1.82, 2.24) is 9.97 Å². The summed E-state index contributed by atoms with van der Waals surface area (Å²) < 4.78 is 0. The highest BCUT2D eigenvalue weighted by molar-refractivity contribution is 5.69. The van der Waals surface area contributed by atoms with Crippen molar-refractivity contribution < 1.29 is 10.0 Å². The molecule has 0 fully saturated rings. The molecule has 0 saturated carbocycles. The molecular formula is C11H19N5O3. The number of nitro groups is 1. The van der Waals surface area contributed by atoms with E-state index < -0.39 is 4.92 Å². The molecule has 1 rings (SSSR count). The van der Waals surface area contributed by atoms with Crippen LogP contribution < -0.4 is 10.6 Å². The molecule has 3 N–H and O–H groups in total. The number of aliphatic hydroxyl groups excluding tert-OH is 1. The van der Waals surface area contributed by atoms with Crippen molar-refractivity contribution in [2.24, 2.45) is 5.92 Å². The van der Waals surface area contributed by atoms with E-state index in [1.54, 1.807) is 0 Å². The maximum absolute atomic E-state index is 11.1. The van der Waals surface area contributed by atoms with E-state index in [-0.39, 0.29) is 35.9 Å². The number of hydrogen-bond donors (Lipinski definition) is 3. The largest absolute Gasteiger partial charge is 0.394 e. The summed E-state index contributed by atoms with van der Waals surface area (Å²) in [6, 6.07) is -0.303. The number of nitrogens with zero attached hydrogens (tertiary/aromatic N) is 3. The normalized spacial score (nSPS) is 12.3. The van der Waals surface area contributed by atoms with Crippen molar-refractivity contribution in [2.45, 2.75) is 26.8 Å². The van der Waals surface area contributed by atoms with Gasteiger partial charge in [0.25, 0.3) is 0 Å². The second-order valence-electron chi connectivity index (χ2n) is 4.38. The van der Waals surface area contributed by atoms with Gasteiger partial charge < -0.3 is 15.7 Å². The van der Waals surface area contributed by atoms with Gasteiger partial charge in [0.05, 0.1) is 17.6 Å². The molecule has 106 valence electrons. The van der Waals surface area contributed by atoms with Crippen LogP contribution in [0.15, 0.2) is 6.33 Å². The first-order chi connectivity index (χ1) is 9.01. The summed E-state index contributed by atoms with van der Waals surface area (Å²) in [7, 11) is 0. The Morgan fingerprint density at radius 1 is 1.42 bits per heavy atom. The van der Waals surface area contributed by atoms with Crippen LogP contribution in [0.2, 0.25) is 0 Å². The second-order valence-corrected chi connectivity index (χ2v) is 4.38. The van der Waals surface area contributed by atoms with Crippen molar-refractivity contribution in [3.05, 3.63) is 16.4 Å². The van der Waals surface area contributed by atoms with Gasteiger partial charge in [0.2, 0.25) is 11.6 Å². The molecule has 1 heterocycles. The van der Waals surface area contributed by atoms with Gasteiger partial charge in [-0.1, -0.05) is 13.8 Å². The lowest BCUT2D eigenvalue weighted by Gasteiger charge is -2.20. The fraction of sp³-hybridized carbons (Fsp3) is 0.636. The Labute approximate surface area is 111 Å². The minimum atomic E-state index is -0.533. The number of nitrogens with one attached hydrogen (secondary N) is 2. The Morgan fingerprint density at radius 2 is 2.05 bits per heavy atom. The van der Waals surface area contributed by atoms with Crippen LogP contribution in [0.5, 0.6) is 0 Å². The van der Waals surface area contributed by atoms with E-state index in [4.69, 9.17) is 0 Å². The molecule has 0 saturated heterocycles. The lowest BCUT2D eigenvalue weighted by Crippen LogP contribution is -2.30. The van der Waals surface area contributed by atoms with E-state index in [1.165, 1.54) is 6.33 Å². The number of rotatable bonds is 7. The minimum Gasteiger partial charge on any atom is -0.394 e. The molecule has 0 aromatic carbocycles. The van der Waals surface area contributed by atoms with Gasteiger partial charge in [-0.3, -0.25) is 10.1 Å². The molecule has 1 unspecified atom stereocenters. The highest BCUT2D eigenvalue weighted by atomic mass is 16.6. The van der Waals surface area contributed by atoms with Crippen LogP contribution in [0.25, 0.3) is 0 Å². The van der Waals surface area contributed by atoms with Crippen molar-refractivity contribution in [1.29, 1.82) is 0 Å². The number of aromatic nitrogens is 2. The minimum absolute atomic E-state index is 0.113. The number of anilines is 2. The Hall–Kier alpha value is -1.96. The number of hydrogen-bond acceptors (Lipinski definition) is 7. The van der Waals surface area contributed by atoms with E-state index in [1.807, 2.05) is 20.8 Å². The van der Waals surface area contributed by atoms with E-state index in [9.17, 15) is 15.2 Å². The molecule has 0 aliphatic heterocycles. The summed E-state index contributed by atoms with van der Waals surface area (Å²) in [5.41, 5.74) is -0.205. The molecule has 1 aromatic heterocycles. The smallest absolute Gasteiger partial charge is 0.353 e. The molecule has 0 aliphatic carbocycles. The summed E-state index contributed by atoms with van der Waals surface area (Å²) in [5, 5.41) is 26.1. The SMILES string of the molecule is CCNc1ncnc(NC(CO)C(C)C)c1[N+](=O)[O-]. The molecule has 8 nitrogen and oxygen atoms in total. The monoisotopic (exact) mass is 269 g/mol. The highest BCUT2D eigenvalue weighted by Crippen LogP contribution is 2.29. The molecule has 0 aliphatic rings. The molecule has 0 radical (unpaired) electrons. The predicted octanol–water partition coefficient (Wildman–Crippen LogP) is 1.25. The lowest BCUT2D eigenvalue weighted by atomic mass is 10.1. The standard InChI is InChI=1S/C11H19N5O3/c1-4-12-10-9(16(18)19)11(14-6-13-10)15-8(5-17)7(2)3/h6-8,17H,4-5H2,1-3H3,(H2,12,13,14,15). The third-order valence-corrected chi connectivity index (χ3v) is 2.67. The summed E-state index contributed by atoms with van der Waals surface area (Å²) >= 11 is 0. The van der Waals surface area contributed by atoms with Crippen molar-refractivity contribution >= 4 is 17.3 Å². The summed E-state index contributed by atoms with van der Waals surface area (Å²) in [6.45, 7) is 6.03. The summed E-state index contributed by atoms with van der Waals surface area (Å²) in [6.07, 6.45) is 1.25. The molecule has 19 heavy (non-hydrogen) atoms. The fourth-order valence-corrected chi connectivity index (χ4v) is 1.55. The first kappa shape index (κ1) is 15.1. The van der Waals surface area contributed by atoms with Crippen molar-refractivity contribution in [2.75, 3.05) is 23.8 Å². The summed E-state index contributed by atoms with van der Waals surface area (Å²) in [5.74, 6) is 0.399. The van der Waals surface area contributed by atoms with Crippen LogP contribution in [0.4, 0.5) is 17.3 Å². The molecule has 1 aromatic rings. The predicted molar refractivity (Wildman–Crippen MR) is 72.2 cm³/mol. The topological polar surface area (TPSA) is 113 Å². The molecule has 8 heteroatoms. The van der Waals surface area contributed by atoms with Gasteiger partial charge in [-0.2, -0.15) is 0 Å². The Kier molecular flexibility index (Phi) is 5.43. The van der Waals surface area contributed by atoms with Crippen LogP contribution in [-0.4, -0.2) is 39.2 Å². The zero-order valence-electron chi connectivity index (χ0n) is 11.3. The maximum Gasteiger partial charge on any atom is 0.353 e. The Bertz CT molecular complexity index is 438. The van der Waals surface area contributed by atoms with E-state index in [2.05, 4.69) is 20.6 Å². The molecule has 0 spiro atoms. The Morgan fingerprint density at radius 3 is 2.53 bits per heavy atom. The molecule has 1 atom stereocenters. The average Bonchev–Trinajstić information content (AvgIpc) is 2.35. The van der Waals surface area contributed by atoms with Gasteiger partial charge in [-0.05, 0) is 12.8 Å². The van der Waals surface area contributed by atoms with Crippen LogP contribution in [-0.2, 0) is 0 Å². The van der Waals surface area contributed by atoms with Crippen LogP contribution in [0.3, 0.4) is 0 Å². The second kappa shape index (κ2) is 6.83. The van der Waals surface area contributed by atoms with E-state index in [0.717, 1.165) is 0 Å². The van der Waals surface area contributed by atoms with Crippen LogP contribution in [0, 0.1) is 16.0 Å². The highest BCUT2D eigenvalue weighted by Gasteiger charge is 2.25.